The van der Waals surface area contributed by atoms with Crippen LogP contribution in [0.2, 0.25) is 0 Å². The Kier molecular flexibility index (Phi) is 2.29. The van der Waals surface area contributed by atoms with Crippen molar-refractivity contribution in [2.75, 3.05) is 0 Å². The van der Waals surface area contributed by atoms with E-state index >= 15 is 0 Å². The number of furan rings is 1. The molecule has 2 heteroatoms. The summed E-state index contributed by atoms with van der Waals surface area (Å²) in [4.78, 5) is 1.01. The molecule has 0 saturated heterocycles. The van der Waals surface area contributed by atoms with Gasteiger partial charge in [0.15, 0.2) is 4.90 Å². The van der Waals surface area contributed by atoms with Crippen molar-refractivity contribution in [1.82, 2.24) is 0 Å². The number of benzene rings is 4. The van der Waals surface area contributed by atoms with Gasteiger partial charge in [-0.25, -0.2) is 0 Å². The zero-order chi connectivity index (χ0) is 15.7. The number of fused-ring (bicyclic) bond motifs is 7. The minimum Gasteiger partial charge on any atom is -0.445 e. The first-order valence-electron chi connectivity index (χ1n) is 8.02. The molecule has 0 bridgehead atoms. The van der Waals surface area contributed by atoms with Gasteiger partial charge in [0, 0.05) is 10.8 Å². The number of thiophene rings is 1. The highest BCUT2D eigenvalue weighted by molar-refractivity contribution is 7.16. The van der Waals surface area contributed by atoms with Crippen molar-refractivity contribution < 1.29 is 4.42 Å². The van der Waals surface area contributed by atoms with Crippen LogP contribution in [-0.4, -0.2) is 0 Å². The SMILES string of the molecule is c1ccc2cc3cc4c(ccc5oc6sccc6c54)cc3cc2c1. The zero-order valence-electron chi connectivity index (χ0n) is 12.7. The highest BCUT2D eigenvalue weighted by Crippen LogP contribution is 2.38. The van der Waals surface area contributed by atoms with Crippen molar-refractivity contribution >= 4 is 64.9 Å². The van der Waals surface area contributed by atoms with E-state index in [0.29, 0.717) is 0 Å². The number of hydrogen-bond donors (Lipinski definition) is 0. The average Bonchev–Trinajstić information content (AvgIpc) is 3.18. The quantitative estimate of drug-likeness (QED) is 0.271. The Balaban J connectivity index is 1.85. The van der Waals surface area contributed by atoms with Gasteiger partial charge in [-0.05, 0) is 74.1 Å². The predicted octanol–water partition coefficient (Wildman–Crippen LogP) is 7.11. The maximum absolute atomic E-state index is 6.00. The van der Waals surface area contributed by atoms with Crippen molar-refractivity contribution in [2.45, 2.75) is 0 Å². The highest BCUT2D eigenvalue weighted by atomic mass is 32.1. The zero-order valence-corrected chi connectivity index (χ0v) is 13.6. The minimum absolute atomic E-state index is 0.976. The van der Waals surface area contributed by atoms with Crippen LogP contribution in [0, 0.1) is 0 Å². The predicted molar refractivity (Wildman–Crippen MR) is 104 cm³/mol. The standard InChI is InChI=1S/C22H12OS/c1-2-4-14-10-17-12-19-15(11-16(17)9-13(14)3-1)5-6-20-21(19)18-7-8-24-22(18)23-20/h1-12H. The molecular weight excluding hydrogens is 312 g/mol. The molecular formula is C22H12OS. The van der Waals surface area contributed by atoms with Gasteiger partial charge in [-0.2, -0.15) is 0 Å². The largest absolute Gasteiger partial charge is 0.445 e. The smallest absolute Gasteiger partial charge is 0.188 e. The summed E-state index contributed by atoms with van der Waals surface area (Å²) in [7, 11) is 0. The number of hydrogen-bond acceptors (Lipinski definition) is 2. The van der Waals surface area contributed by atoms with Gasteiger partial charge in [0.2, 0.25) is 0 Å². The van der Waals surface area contributed by atoms with Crippen LogP contribution in [0.4, 0.5) is 0 Å². The molecule has 0 aliphatic rings. The third kappa shape index (κ3) is 1.58. The lowest BCUT2D eigenvalue weighted by Crippen LogP contribution is -1.79. The van der Waals surface area contributed by atoms with Gasteiger partial charge in [0.1, 0.15) is 5.58 Å². The fourth-order valence-electron chi connectivity index (χ4n) is 3.77. The Morgan fingerprint density at radius 1 is 0.625 bits per heavy atom. The van der Waals surface area contributed by atoms with Crippen molar-refractivity contribution in [3.63, 3.8) is 0 Å². The molecule has 0 fully saturated rings. The Morgan fingerprint density at radius 2 is 1.38 bits per heavy atom. The molecule has 0 saturated carbocycles. The third-order valence-corrected chi connectivity index (χ3v) is 5.69. The molecule has 0 aliphatic carbocycles. The van der Waals surface area contributed by atoms with Gasteiger partial charge in [-0.1, -0.05) is 30.3 Å². The lowest BCUT2D eigenvalue weighted by atomic mass is 9.98. The summed E-state index contributed by atoms with van der Waals surface area (Å²) >= 11 is 1.66. The Morgan fingerprint density at radius 3 is 2.21 bits per heavy atom. The van der Waals surface area contributed by atoms with Gasteiger partial charge < -0.3 is 4.42 Å². The van der Waals surface area contributed by atoms with Crippen molar-refractivity contribution in [1.29, 1.82) is 0 Å². The van der Waals surface area contributed by atoms with E-state index in [2.05, 4.69) is 72.1 Å². The molecule has 24 heavy (non-hydrogen) atoms. The Bertz CT molecular complexity index is 1400. The van der Waals surface area contributed by atoms with Crippen LogP contribution in [0.3, 0.4) is 0 Å². The van der Waals surface area contributed by atoms with Crippen LogP contribution < -0.4 is 0 Å². The summed E-state index contributed by atoms with van der Waals surface area (Å²) in [6, 6.07) is 24.1. The van der Waals surface area contributed by atoms with Crippen LogP contribution in [0.5, 0.6) is 0 Å². The van der Waals surface area contributed by atoms with E-state index in [-0.39, 0.29) is 0 Å². The molecule has 6 aromatic rings. The molecule has 0 unspecified atom stereocenters. The van der Waals surface area contributed by atoms with Gasteiger partial charge in [0.05, 0.1) is 0 Å². The molecule has 0 radical (unpaired) electrons. The fourth-order valence-corrected chi connectivity index (χ4v) is 4.53. The first-order chi connectivity index (χ1) is 11.9. The van der Waals surface area contributed by atoms with Crippen molar-refractivity contribution in [3.05, 3.63) is 72.1 Å². The van der Waals surface area contributed by atoms with Crippen LogP contribution in [0.25, 0.3) is 53.6 Å². The summed E-state index contributed by atoms with van der Waals surface area (Å²) in [5.41, 5.74) is 0.976. The summed E-state index contributed by atoms with van der Waals surface area (Å²) in [5.74, 6) is 0. The van der Waals surface area contributed by atoms with Crippen LogP contribution >= 0.6 is 11.3 Å². The minimum atomic E-state index is 0.976. The first kappa shape index (κ1) is 12.6. The second-order valence-electron chi connectivity index (χ2n) is 6.28. The molecule has 2 heterocycles. The van der Waals surface area contributed by atoms with E-state index in [1.54, 1.807) is 11.3 Å². The Hall–Kier alpha value is -2.84. The Labute approximate surface area is 141 Å². The highest BCUT2D eigenvalue weighted by Gasteiger charge is 2.12. The van der Waals surface area contributed by atoms with E-state index in [1.807, 2.05) is 0 Å². The fraction of sp³-hybridized carbons (Fsp3) is 0. The molecule has 0 amide bonds. The van der Waals surface area contributed by atoms with E-state index in [0.717, 1.165) is 10.5 Å². The first-order valence-corrected chi connectivity index (χ1v) is 8.90. The maximum atomic E-state index is 6.00. The number of rotatable bonds is 0. The van der Waals surface area contributed by atoms with Gasteiger partial charge in [0.25, 0.3) is 0 Å². The lowest BCUT2D eigenvalue weighted by Gasteiger charge is -2.06. The molecule has 0 aliphatic heterocycles. The molecule has 2 aromatic heterocycles. The maximum Gasteiger partial charge on any atom is 0.188 e. The molecule has 4 aromatic carbocycles. The van der Waals surface area contributed by atoms with Crippen LogP contribution in [-0.2, 0) is 0 Å². The van der Waals surface area contributed by atoms with Gasteiger partial charge in [-0.3, -0.25) is 0 Å². The van der Waals surface area contributed by atoms with E-state index in [4.69, 9.17) is 4.42 Å². The second kappa shape index (κ2) is 4.37. The van der Waals surface area contributed by atoms with Crippen LogP contribution in [0.15, 0.2) is 76.5 Å². The van der Waals surface area contributed by atoms with Crippen molar-refractivity contribution in [2.24, 2.45) is 0 Å². The monoisotopic (exact) mass is 324 g/mol. The normalized spacial score (nSPS) is 12.2. The third-order valence-electron chi connectivity index (χ3n) is 4.90. The summed E-state index contributed by atoms with van der Waals surface area (Å²) in [5, 5.41) is 12.2. The van der Waals surface area contributed by atoms with Gasteiger partial charge >= 0.3 is 0 Å². The summed E-state index contributed by atoms with van der Waals surface area (Å²) in [6.07, 6.45) is 0. The summed E-state index contributed by atoms with van der Waals surface area (Å²) in [6.45, 7) is 0. The molecule has 0 atom stereocenters. The summed E-state index contributed by atoms with van der Waals surface area (Å²) < 4.78 is 6.00. The molecule has 0 spiro atoms. The van der Waals surface area contributed by atoms with E-state index < -0.39 is 0 Å². The van der Waals surface area contributed by atoms with E-state index in [1.165, 1.54) is 43.1 Å². The average molecular weight is 324 g/mol. The molecule has 1 nitrogen and oxygen atoms in total. The lowest BCUT2D eigenvalue weighted by molar-refractivity contribution is 0.678. The topological polar surface area (TPSA) is 13.1 Å². The molecule has 112 valence electrons. The molecule has 0 N–H and O–H groups in total. The second-order valence-corrected chi connectivity index (χ2v) is 7.16. The van der Waals surface area contributed by atoms with E-state index in [9.17, 15) is 0 Å². The molecule has 6 rings (SSSR count). The van der Waals surface area contributed by atoms with Crippen molar-refractivity contribution in [3.8, 4) is 0 Å². The van der Waals surface area contributed by atoms with Gasteiger partial charge in [-0.15, -0.1) is 11.3 Å². The van der Waals surface area contributed by atoms with Crippen LogP contribution in [0.1, 0.15) is 0 Å².